The number of piperidine rings is 2. The number of hydrogen-bond donors (Lipinski definition) is 2. The van der Waals surface area contributed by atoms with Gasteiger partial charge in [0.15, 0.2) is 0 Å². The Balaban J connectivity index is 1.42. The number of nitrogens with one attached hydrogen (secondary N) is 2. The zero-order chi connectivity index (χ0) is 14.5. The maximum absolute atomic E-state index is 2.48. The van der Waals surface area contributed by atoms with Crippen molar-refractivity contribution in [3.8, 4) is 0 Å². The fourth-order valence-corrected chi connectivity index (χ4v) is 4.43. The second-order valence-corrected chi connectivity index (χ2v) is 7.23. The Hall–Kier alpha value is -0.860. The van der Waals surface area contributed by atoms with Gasteiger partial charge in [0.25, 0.3) is 0 Å². The van der Waals surface area contributed by atoms with Crippen LogP contribution in [0, 0.1) is 0 Å². The second kappa shape index (κ2) is 7.42. The summed E-state index contributed by atoms with van der Waals surface area (Å²) in [4.78, 5) is 3.77. The van der Waals surface area contributed by atoms with Gasteiger partial charge < -0.3 is 9.80 Å². The molecule has 2 atom stereocenters. The van der Waals surface area contributed by atoms with E-state index in [1.165, 1.54) is 70.3 Å². The van der Waals surface area contributed by atoms with Crippen LogP contribution in [-0.2, 0) is 6.42 Å². The normalized spacial score (nSPS) is 33.8. The molecule has 2 aliphatic heterocycles. The van der Waals surface area contributed by atoms with Crippen LogP contribution >= 0.6 is 0 Å². The molecule has 0 bridgehead atoms. The molecule has 0 aromatic heterocycles. The van der Waals surface area contributed by atoms with Crippen molar-refractivity contribution in [1.29, 1.82) is 0 Å². The number of likely N-dealkylation sites (tertiary alicyclic amines) is 2. The van der Waals surface area contributed by atoms with E-state index in [0.717, 1.165) is 12.1 Å². The summed E-state index contributed by atoms with van der Waals surface area (Å²) in [5.74, 6) is 0. The molecule has 0 aliphatic carbocycles. The van der Waals surface area contributed by atoms with Gasteiger partial charge in [0.05, 0.1) is 38.3 Å². The highest BCUT2D eigenvalue weighted by Crippen LogP contribution is 2.06. The van der Waals surface area contributed by atoms with Gasteiger partial charge in [-0.25, -0.2) is 0 Å². The third-order valence-corrected chi connectivity index (χ3v) is 5.81. The summed E-state index contributed by atoms with van der Waals surface area (Å²) >= 11 is 0. The standard InChI is InChI=1S/C19H30N2/c1-17-7-5-6-13-21(17)19-11-15-20(16-12-19)14-10-18-8-3-2-4-9-18/h2-4,8-9,17,19H,5-7,10-16H2,1H3/p+2/t17-/m1/s1. The Bertz CT molecular complexity index is 409. The van der Waals surface area contributed by atoms with E-state index in [0.29, 0.717) is 0 Å². The molecule has 0 amide bonds. The van der Waals surface area contributed by atoms with E-state index >= 15 is 0 Å². The average Bonchev–Trinajstić information content (AvgIpc) is 2.55. The molecule has 3 rings (SSSR count). The predicted molar refractivity (Wildman–Crippen MR) is 87.9 cm³/mol. The van der Waals surface area contributed by atoms with E-state index in [1.54, 1.807) is 0 Å². The molecule has 2 heterocycles. The highest BCUT2D eigenvalue weighted by Gasteiger charge is 2.33. The van der Waals surface area contributed by atoms with Crippen molar-refractivity contribution < 1.29 is 9.80 Å². The lowest BCUT2D eigenvalue weighted by Gasteiger charge is -2.39. The predicted octanol–water partition coefficient (Wildman–Crippen LogP) is 0.734. The van der Waals surface area contributed by atoms with Gasteiger partial charge in [-0.15, -0.1) is 0 Å². The van der Waals surface area contributed by atoms with Crippen molar-refractivity contribution in [2.75, 3.05) is 26.2 Å². The zero-order valence-corrected chi connectivity index (χ0v) is 13.6. The molecule has 2 fully saturated rings. The number of rotatable bonds is 4. The Morgan fingerprint density at radius 3 is 2.43 bits per heavy atom. The van der Waals surface area contributed by atoms with Crippen LogP contribution in [-0.4, -0.2) is 38.3 Å². The fraction of sp³-hybridized carbons (Fsp3) is 0.684. The van der Waals surface area contributed by atoms with Crippen LogP contribution in [0.15, 0.2) is 30.3 Å². The monoisotopic (exact) mass is 288 g/mol. The molecule has 2 N–H and O–H groups in total. The van der Waals surface area contributed by atoms with Crippen LogP contribution in [0.4, 0.5) is 0 Å². The summed E-state index contributed by atoms with van der Waals surface area (Å²) in [7, 11) is 0. The van der Waals surface area contributed by atoms with Gasteiger partial charge in [0, 0.05) is 19.3 Å². The third-order valence-electron chi connectivity index (χ3n) is 5.81. The fourth-order valence-electron chi connectivity index (χ4n) is 4.43. The maximum atomic E-state index is 2.48. The first kappa shape index (κ1) is 15.1. The minimum Gasteiger partial charge on any atom is -0.334 e. The lowest BCUT2D eigenvalue weighted by molar-refractivity contribution is -0.975. The van der Waals surface area contributed by atoms with Gasteiger partial charge >= 0.3 is 0 Å². The molecule has 21 heavy (non-hydrogen) atoms. The molecular weight excluding hydrogens is 256 g/mol. The van der Waals surface area contributed by atoms with E-state index in [4.69, 9.17) is 0 Å². The molecule has 2 heteroatoms. The quantitative estimate of drug-likeness (QED) is 0.808. The van der Waals surface area contributed by atoms with Crippen molar-refractivity contribution in [2.45, 2.75) is 57.5 Å². The van der Waals surface area contributed by atoms with Gasteiger partial charge in [-0.05, 0) is 31.7 Å². The Morgan fingerprint density at radius 2 is 1.71 bits per heavy atom. The number of benzene rings is 1. The molecule has 0 saturated carbocycles. The molecule has 116 valence electrons. The van der Waals surface area contributed by atoms with Crippen LogP contribution in [0.5, 0.6) is 0 Å². The van der Waals surface area contributed by atoms with Crippen molar-refractivity contribution in [3.63, 3.8) is 0 Å². The molecule has 1 aromatic rings. The van der Waals surface area contributed by atoms with Gasteiger partial charge in [0.2, 0.25) is 0 Å². The average molecular weight is 288 g/mol. The molecular formula is C19H32N2+2. The van der Waals surface area contributed by atoms with E-state index in [-0.39, 0.29) is 0 Å². The summed E-state index contributed by atoms with van der Waals surface area (Å²) in [6, 6.07) is 12.9. The Morgan fingerprint density at radius 1 is 0.952 bits per heavy atom. The Labute approximate surface area is 130 Å². The van der Waals surface area contributed by atoms with E-state index in [9.17, 15) is 0 Å². The van der Waals surface area contributed by atoms with Crippen LogP contribution in [0.25, 0.3) is 0 Å². The molecule has 1 unspecified atom stereocenters. The van der Waals surface area contributed by atoms with Crippen LogP contribution < -0.4 is 9.80 Å². The molecule has 2 nitrogen and oxygen atoms in total. The molecule has 2 saturated heterocycles. The first-order valence-electron chi connectivity index (χ1n) is 9.06. The van der Waals surface area contributed by atoms with E-state index in [2.05, 4.69) is 37.3 Å². The van der Waals surface area contributed by atoms with Gasteiger partial charge in [-0.1, -0.05) is 30.3 Å². The number of hydrogen-bond acceptors (Lipinski definition) is 0. The van der Waals surface area contributed by atoms with Crippen LogP contribution in [0.2, 0.25) is 0 Å². The summed E-state index contributed by atoms with van der Waals surface area (Å²) < 4.78 is 0. The van der Waals surface area contributed by atoms with Gasteiger partial charge in [0.1, 0.15) is 0 Å². The maximum Gasteiger partial charge on any atom is 0.0985 e. The molecule has 0 radical (unpaired) electrons. The summed E-state index contributed by atoms with van der Waals surface area (Å²) in [6.45, 7) is 8.03. The second-order valence-electron chi connectivity index (χ2n) is 7.23. The first-order valence-corrected chi connectivity index (χ1v) is 9.06. The Kier molecular flexibility index (Phi) is 5.32. The van der Waals surface area contributed by atoms with Crippen LogP contribution in [0.1, 0.15) is 44.6 Å². The highest BCUT2D eigenvalue weighted by atomic mass is 15.2. The minimum atomic E-state index is 0.912. The van der Waals surface area contributed by atoms with Gasteiger partial charge in [-0.2, -0.15) is 0 Å². The minimum absolute atomic E-state index is 0.912. The summed E-state index contributed by atoms with van der Waals surface area (Å²) in [6.07, 6.45) is 8.52. The van der Waals surface area contributed by atoms with E-state index < -0.39 is 0 Å². The topological polar surface area (TPSA) is 8.88 Å². The lowest BCUT2D eigenvalue weighted by atomic mass is 9.96. The molecule has 2 aliphatic rings. The largest absolute Gasteiger partial charge is 0.334 e. The molecule has 1 aromatic carbocycles. The van der Waals surface area contributed by atoms with Crippen LogP contribution in [0.3, 0.4) is 0 Å². The SMILES string of the molecule is C[C@@H]1CCCC[NH+]1C1CC[NH+](CCc2ccccc2)CC1. The van der Waals surface area contributed by atoms with Crippen molar-refractivity contribution >= 4 is 0 Å². The van der Waals surface area contributed by atoms with Crippen molar-refractivity contribution in [2.24, 2.45) is 0 Å². The smallest absolute Gasteiger partial charge is 0.0985 e. The first-order chi connectivity index (χ1) is 10.3. The molecule has 0 spiro atoms. The summed E-state index contributed by atoms with van der Waals surface area (Å²) in [5.41, 5.74) is 1.50. The number of quaternary nitrogens is 2. The lowest BCUT2D eigenvalue weighted by Crippen LogP contribution is -3.23. The zero-order valence-electron chi connectivity index (χ0n) is 13.6. The van der Waals surface area contributed by atoms with Crippen molar-refractivity contribution in [3.05, 3.63) is 35.9 Å². The van der Waals surface area contributed by atoms with Gasteiger partial charge in [-0.3, -0.25) is 0 Å². The summed E-state index contributed by atoms with van der Waals surface area (Å²) in [5, 5.41) is 0. The van der Waals surface area contributed by atoms with Crippen molar-refractivity contribution in [1.82, 2.24) is 0 Å². The third kappa shape index (κ3) is 4.08. The van der Waals surface area contributed by atoms with E-state index in [1.807, 2.05) is 9.80 Å². The highest BCUT2D eigenvalue weighted by molar-refractivity contribution is 5.14.